The Morgan fingerprint density at radius 2 is 1.05 bits per heavy atom. The van der Waals surface area contributed by atoms with Gasteiger partial charge in [-0.2, -0.15) is 8.42 Å². The molecule has 0 fully saturated rings. The fourth-order valence-electron chi connectivity index (χ4n) is 4.51. The highest BCUT2D eigenvalue weighted by Crippen LogP contribution is 2.23. The van der Waals surface area contributed by atoms with E-state index >= 15 is 0 Å². The third-order valence-corrected chi connectivity index (χ3v) is 7.70. The minimum atomic E-state index is -4.75. The average molecular weight is 579 g/mol. The lowest BCUT2D eigenvalue weighted by Crippen LogP contribution is -2.19. The third-order valence-electron chi connectivity index (χ3n) is 6.80. The van der Waals surface area contributed by atoms with Gasteiger partial charge in [0.25, 0.3) is 10.1 Å². The molecule has 1 aromatic carbocycles. The van der Waals surface area contributed by atoms with Crippen molar-refractivity contribution >= 4 is 22.1 Å². The molecule has 7 nitrogen and oxygen atoms in total. The molecule has 1 N–H and O–H groups in total. The number of carbonyl (C=O) groups excluding carboxylic acids is 2. The van der Waals surface area contributed by atoms with E-state index in [9.17, 15) is 22.6 Å². The lowest BCUT2D eigenvalue weighted by molar-refractivity contribution is 0.0446. The molecule has 0 aliphatic carbocycles. The number of hydrogen-bond donors (Lipinski definition) is 1. The van der Waals surface area contributed by atoms with E-state index in [1.54, 1.807) is 0 Å². The number of unbranched alkanes of at least 4 members (excludes halogenated alkanes) is 16. The first-order valence-electron chi connectivity index (χ1n) is 15.0. The van der Waals surface area contributed by atoms with Crippen LogP contribution in [0, 0.1) is 0 Å². The first-order valence-corrected chi connectivity index (χ1v) is 16.4. The normalized spacial score (nSPS) is 11.2. The van der Waals surface area contributed by atoms with Gasteiger partial charge in [0.2, 0.25) is 0 Å². The van der Waals surface area contributed by atoms with Crippen molar-refractivity contribution in [2.24, 2.45) is 0 Å². The Labute approximate surface area is 242 Å². The molecule has 0 unspecified atom stereocenters. The maximum atomic E-state index is 12.8. The van der Waals surface area contributed by atoms with Crippen LogP contribution >= 0.6 is 0 Å². The zero-order valence-corrected chi connectivity index (χ0v) is 25.1. The summed E-state index contributed by atoms with van der Waals surface area (Å²) in [7, 11) is -4.75. The summed E-state index contributed by atoms with van der Waals surface area (Å²) < 4.78 is 44.2. The molecule has 8 heteroatoms. The standard InChI is InChI=1S/C32H50O7S/c1-3-5-7-9-11-13-15-17-19-21-26-38-31(33)28-24-23-25-29(40(35,36)37)30(28)32(34)39-27-22-20-18-16-14-12-10-8-6-4-2/h3-4,23-25H,1-2,5-22,26-27H2,(H,35,36,37). The number of ether oxygens (including phenoxy) is 2. The van der Waals surface area contributed by atoms with E-state index < -0.39 is 32.5 Å². The highest BCUT2D eigenvalue weighted by Gasteiger charge is 2.28. The molecule has 0 saturated heterocycles. The Hall–Kier alpha value is -2.45. The molecule has 0 amide bonds. The fraction of sp³-hybridized carbons (Fsp3) is 0.625. The van der Waals surface area contributed by atoms with Gasteiger partial charge < -0.3 is 9.47 Å². The summed E-state index contributed by atoms with van der Waals surface area (Å²) in [5.74, 6) is -1.77. The third kappa shape index (κ3) is 16.0. The topological polar surface area (TPSA) is 107 Å². The van der Waals surface area contributed by atoms with Gasteiger partial charge in [-0.05, 0) is 50.7 Å². The van der Waals surface area contributed by atoms with Crippen LogP contribution < -0.4 is 0 Å². The number of hydrogen-bond acceptors (Lipinski definition) is 6. The zero-order valence-electron chi connectivity index (χ0n) is 24.2. The molecule has 0 spiro atoms. The maximum absolute atomic E-state index is 12.8. The van der Waals surface area contributed by atoms with Gasteiger partial charge >= 0.3 is 11.9 Å². The SMILES string of the molecule is C=CCCCCCCCCCCOC(=O)c1cccc(S(=O)(=O)O)c1C(=O)OCCCCCCCCCCC=C. The summed E-state index contributed by atoms with van der Waals surface area (Å²) in [5, 5.41) is 0. The van der Waals surface area contributed by atoms with Gasteiger partial charge in [-0.15, -0.1) is 13.2 Å². The lowest BCUT2D eigenvalue weighted by Gasteiger charge is -2.13. The van der Waals surface area contributed by atoms with E-state index in [1.807, 2.05) is 12.2 Å². The molecule has 226 valence electrons. The van der Waals surface area contributed by atoms with E-state index in [2.05, 4.69) is 13.2 Å². The largest absolute Gasteiger partial charge is 0.462 e. The van der Waals surface area contributed by atoms with Gasteiger partial charge in [0.1, 0.15) is 4.90 Å². The van der Waals surface area contributed by atoms with Gasteiger partial charge in [0.15, 0.2) is 0 Å². The van der Waals surface area contributed by atoms with Crippen molar-refractivity contribution in [1.82, 2.24) is 0 Å². The molecule has 1 aromatic rings. The van der Waals surface area contributed by atoms with E-state index in [-0.39, 0.29) is 18.8 Å². The van der Waals surface area contributed by atoms with Crippen LogP contribution in [0.4, 0.5) is 0 Å². The molecule has 0 aliphatic heterocycles. The number of allylic oxidation sites excluding steroid dienone is 2. The Bertz CT molecular complexity index is 985. The second kappa shape index (κ2) is 22.3. The molecule has 1 rings (SSSR count). The van der Waals surface area contributed by atoms with Gasteiger partial charge in [0.05, 0.1) is 24.3 Å². The molecule has 0 heterocycles. The molecule has 40 heavy (non-hydrogen) atoms. The molecule has 0 saturated carbocycles. The monoisotopic (exact) mass is 578 g/mol. The van der Waals surface area contributed by atoms with Gasteiger partial charge in [-0.25, -0.2) is 9.59 Å². The molecule has 0 bridgehead atoms. The van der Waals surface area contributed by atoms with Crippen LogP contribution in [-0.4, -0.2) is 38.1 Å². The molecule has 0 atom stereocenters. The van der Waals surface area contributed by atoms with E-state index in [4.69, 9.17) is 9.47 Å². The Kier molecular flexibility index (Phi) is 19.8. The second-order valence-electron chi connectivity index (χ2n) is 10.2. The summed E-state index contributed by atoms with van der Waals surface area (Å²) in [6.07, 6.45) is 23.0. The predicted octanol–water partition coefficient (Wildman–Crippen LogP) is 8.64. The second-order valence-corrected chi connectivity index (χ2v) is 11.6. The smallest absolute Gasteiger partial charge is 0.340 e. The summed E-state index contributed by atoms with van der Waals surface area (Å²) in [5.41, 5.74) is -0.706. The number of esters is 2. The van der Waals surface area contributed by atoms with E-state index in [0.717, 1.165) is 57.4 Å². The number of rotatable bonds is 25. The van der Waals surface area contributed by atoms with Crippen LogP contribution in [0.1, 0.15) is 136 Å². The molecule has 0 aromatic heterocycles. The Morgan fingerprint density at radius 3 is 1.48 bits per heavy atom. The van der Waals surface area contributed by atoms with E-state index in [0.29, 0.717) is 12.8 Å². The Morgan fingerprint density at radius 1 is 0.650 bits per heavy atom. The van der Waals surface area contributed by atoms with Crippen LogP contribution in [0.2, 0.25) is 0 Å². The number of carbonyl (C=O) groups is 2. The summed E-state index contributed by atoms with van der Waals surface area (Å²) in [6, 6.07) is 3.69. The van der Waals surface area contributed by atoms with Crippen molar-refractivity contribution in [3.63, 3.8) is 0 Å². The van der Waals surface area contributed by atoms with Crippen molar-refractivity contribution in [3.05, 3.63) is 54.6 Å². The van der Waals surface area contributed by atoms with Crippen molar-refractivity contribution in [3.8, 4) is 0 Å². The van der Waals surface area contributed by atoms with Crippen LogP contribution in [0.5, 0.6) is 0 Å². The van der Waals surface area contributed by atoms with Crippen LogP contribution in [-0.2, 0) is 19.6 Å². The van der Waals surface area contributed by atoms with Crippen molar-refractivity contribution in [2.75, 3.05) is 13.2 Å². The Balaban J connectivity index is 2.49. The first kappa shape index (κ1) is 35.6. The summed E-state index contributed by atoms with van der Waals surface area (Å²) in [6.45, 7) is 7.72. The van der Waals surface area contributed by atoms with Crippen LogP contribution in [0.3, 0.4) is 0 Å². The summed E-state index contributed by atoms with van der Waals surface area (Å²) in [4.78, 5) is 24.9. The molecular formula is C32H50O7S. The lowest BCUT2D eigenvalue weighted by atomic mass is 10.1. The van der Waals surface area contributed by atoms with Crippen LogP contribution in [0.15, 0.2) is 48.4 Å². The molecular weight excluding hydrogens is 528 g/mol. The maximum Gasteiger partial charge on any atom is 0.340 e. The molecule has 0 aliphatic rings. The van der Waals surface area contributed by atoms with Gasteiger partial charge in [-0.1, -0.05) is 95.3 Å². The van der Waals surface area contributed by atoms with Crippen LogP contribution in [0.25, 0.3) is 0 Å². The first-order chi connectivity index (χ1) is 19.3. The predicted molar refractivity (Wildman–Crippen MR) is 160 cm³/mol. The summed E-state index contributed by atoms with van der Waals surface area (Å²) >= 11 is 0. The van der Waals surface area contributed by atoms with Crippen molar-refractivity contribution in [1.29, 1.82) is 0 Å². The quantitative estimate of drug-likeness (QED) is 0.0535. The van der Waals surface area contributed by atoms with Gasteiger partial charge in [-0.3, -0.25) is 4.55 Å². The molecule has 0 radical (unpaired) electrons. The average Bonchev–Trinajstić information content (AvgIpc) is 2.93. The highest BCUT2D eigenvalue weighted by molar-refractivity contribution is 7.86. The minimum Gasteiger partial charge on any atom is -0.462 e. The highest BCUT2D eigenvalue weighted by atomic mass is 32.2. The van der Waals surface area contributed by atoms with Crippen molar-refractivity contribution < 1.29 is 32.0 Å². The van der Waals surface area contributed by atoms with Gasteiger partial charge in [0, 0.05) is 0 Å². The van der Waals surface area contributed by atoms with Crippen molar-refractivity contribution in [2.45, 2.75) is 120 Å². The van der Waals surface area contributed by atoms with E-state index in [1.165, 1.54) is 63.5 Å². The zero-order chi connectivity index (χ0) is 29.5. The number of benzene rings is 1. The fourth-order valence-corrected chi connectivity index (χ4v) is 5.21. The minimum absolute atomic E-state index is 0.0979.